The Bertz CT molecular complexity index is 2040. The van der Waals surface area contributed by atoms with Crippen LogP contribution in [-0.2, 0) is 0 Å². The van der Waals surface area contributed by atoms with Gasteiger partial charge < -0.3 is 29.9 Å². The van der Waals surface area contributed by atoms with E-state index >= 15 is 0 Å². The van der Waals surface area contributed by atoms with Gasteiger partial charge in [-0.3, -0.25) is 0 Å². The average Bonchev–Trinajstić information content (AvgIpc) is 3.78. The van der Waals surface area contributed by atoms with Crippen LogP contribution in [0.3, 0.4) is 0 Å². The first-order valence-corrected chi connectivity index (χ1v) is 16.3. The Morgan fingerprint density at radius 2 is 0.595 bits per heavy atom. The molecule has 0 aliphatic carbocycles. The normalized spacial score (nSPS) is 11.6. The Kier molecular flexibility index (Phi) is 5.98. The monoisotopic (exact) mass is 668 g/mol. The SMILES string of the molecule is [Cl][Sb].c1ccc2c(c1)-c1nc-2nc2[n-]c(nc3nc(nc4[n-]c(n1)c1ccccc41)-c1ccccc1-3)c1ccccc21. The third-order valence-electron chi connectivity index (χ3n) is 7.33. The summed E-state index contributed by atoms with van der Waals surface area (Å²) in [6.45, 7) is 0. The van der Waals surface area contributed by atoms with Crippen molar-refractivity contribution < 1.29 is 0 Å². The summed E-state index contributed by atoms with van der Waals surface area (Å²) < 4.78 is 0. The molecule has 3 aromatic heterocycles. The van der Waals surface area contributed by atoms with E-state index in [0.29, 0.717) is 45.9 Å². The molecule has 5 heterocycles. The minimum atomic E-state index is 0.552. The Balaban J connectivity index is 0.00000131. The van der Waals surface area contributed by atoms with E-state index in [0.717, 1.165) is 43.8 Å². The van der Waals surface area contributed by atoms with Gasteiger partial charge in [0, 0.05) is 44.8 Å². The quantitative estimate of drug-likeness (QED) is 0.170. The zero-order valence-electron chi connectivity index (χ0n) is 21.6. The van der Waals surface area contributed by atoms with Crippen LogP contribution in [-0.4, -0.2) is 51.8 Å². The zero-order valence-corrected chi connectivity index (χ0v) is 24.9. The molecule has 42 heavy (non-hydrogen) atoms. The van der Waals surface area contributed by atoms with Crippen molar-refractivity contribution >= 4 is 74.8 Å². The van der Waals surface area contributed by atoms with E-state index in [1.54, 1.807) is 0 Å². The summed E-state index contributed by atoms with van der Waals surface area (Å²) in [6.07, 6.45) is 0. The molecule has 0 fully saturated rings. The van der Waals surface area contributed by atoms with Crippen LogP contribution in [0.25, 0.3) is 89.7 Å². The molecule has 0 saturated heterocycles. The van der Waals surface area contributed by atoms with Gasteiger partial charge in [0.25, 0.3) is 0 Å². The van der Waals surface area contributed by atoms with E-state index in [2.05, 4.69) is 8.83 Å². The molecule has 4 aromatic carbocycles. The molecular formula is C32H16ClN8Sb-2. The van der Waals surface area contributed by atoms with Gasteiger partial charge in [0.2, 0.25) is 0 Å². The summed E-state index contributed by atoms with van der Waals surface area (Å²) in [6, 6.07) is 31.8. The molecule has 2 aliphatic rings. The summed E-state index contributed by atoms with van der Waals surface area (Å²) in [5.41, 5.74) is 5.78. The van der Waals surface area contributed by atoms with Gasteiger partial charge >= 0.3 is 30.7 Å². The Morgan fingerprint density at radius 3 is 0.857 bits per heavy atom. The van der Waals surface area contributed by atoms with Gasteiger partial charge in [-0.1, -0.05) is 97.1 Å². The van der Waals surface area contributed by atoms with Crippen molar-refractivity contribution in [3.63, 3.8) is 0 Å². The number of nitrogens with zero attached hydrogens (tertiary/aromatic N) is 8. The fourth-order valence-corrected chi connectivity index (χ4v) is 5.46. The average molecular weight is 670 g/mol. The van der Waals surface area contributed by atoms with Gasteiger partial charge in [0.1, 0.15) is 0 Å². The van der Waals surface area contributed by atoms with Crippen LogP contribution in [0.2, 0.25) is 0 Å². The van der Waals surface area contributed by atoms with Gasteiger partial charge in [-0.2, -0.15) is 0 Å². The molecule has 0 saturated carbocycles. The molecule has 198 valence electrons. The third-order valence-corrected chi connectivity index (χ3v) is 7.33. The summed E-state index contributed by atoms with van der Waals surface area (Å²) in [7, 11) is 4.69. The van der Waals surface area contributed by atoms with Crippen molar-refractivity contribution in [2.75, 3.05) is 0 Å². The van der Waals surface area contributed by atoms with Crippen LogP contribution in [0.5, 0.6) is 0 Å². The summed E-state index contributed by atoms with van der Waals surface area (Å²) in [4.78, 5) is 39.3. The van der Waals surface area contributed by atoms with Crippen molar-refractivity contribution in [3.8, 4) is 45.6 Å². The number of hydrogen-bond donors (Lipinski definition) is 0. The molecule has 2 radical (unpaired) electrons. The fourth-order valence-electron chi connectivity index (χ4n) is 5.46. The number of benzene rings is 4. The first-order chi connectivity index (χ1) is 20.8. The molecule has 9 rings (SSSR count). The van der Waals surface area contributed by atoms with Crippen molar-refractivity contribution in [2.45, 2.75) is 0 Å². The van der Waals surface area contributed by atoms with Crippen LogP contribution < -0.4 is 9.97 Å². The van der Waals surface area contributed by atoms with E-state index in [1.807, 2.05) is 97.1 Å². The first kappa shape index (κ1) is 25.1. The van der Waals surface area contributed by atoms with E-state index < -0.39 is 0 Å². The molecule has 10 heteroatoms. The fraction of sp³-hybridized carbons (Fsp3) is 0. The van der Waals surface area contributed by atoms with Gasteiger partial charge in [-0.15, -0.1) is 0 Å². The number of halogens is 1. The summed E-state index contributed by atoms with van der Waals surface area (Å²) >= 11 is 1.22. The molecule has 0 N–H and O–H groups in total. The number of fused-ring (bicyclic) bond motifs is 20. The smallest absolute Gasteiger partial charge is 0.0927 e. The minimum absolute atomic E-state index is 0.552. The van der Waals surface area contributed by atoms with Gasteiger partial charge in [0.15, 0.2) is 0 Å². The third kappa shape index (κ3) is 3.90. The second-order valence-corrected chi connectivity index (χ2v) is 9.67. The zero-order chi connectivity index (χ0) is 28.2. The van der Waals surface area contributed by atoms with Crippen LogP contribution in [0.15, 0.2) is 97.1 Å². The maximum absolute atomic E-state index is 4.95. The maximum Gasteiger partial charge on any atom is 0.0927 e. The molecule has 0 amide bonds. The predicted octanol–water partition coefficient (Wildman–Crippen LogP) is 6.44. The van der Waals surface area contributed by atoms with Gasteiger partial charge in [0.05, 0.1) is 23.3 Å². The summed E-state index contributed by atoms with van der Waals surface area (Å²) in [5.74, 6) is 2.21. The molecule has 8 nitrogen and oxygen atoms in total. The summed E-state index contributed by atoms with van der Waals surface area (Å²) in [5, 5.41) is 3.57. The first-order valence-electron chi connectivity index (χ1n) is 13.1. The van der Waals surface area contributed by atoms with Crippen LogP contribution in [0.1, 0.15) is 0 Å². The van der Waals surface area contributed by atoms with Crippen molar-refractivity contribution in [1.29, 1.82) is 0 Å². The molecule has 0 atom stereocenters. The van der Waals surface area contributed by atoms with E-state index in [1.165, 1.54) is 21.9 Å². The van der Waals surface area contributed by atoms with Gasteiger partial charge in [-0.25, -0.2) is 9.97 Å². The van der Waals surface area contributed by atoms with Crippen molar-refractivity contribution in [3.05, 3.63) is 97.1 Å². The van der Waals surface area contributed by atoms with Crippen molar-refractivity contribution in [2.24, 2.45) is 0 Å². The number of hydrogen-bond acceptors (Lipinski definition) is 6. The largest absolute Gasteiger partial charge is 0.357 e. The molecule has 2 aliphatic heterocycles. The van der Waals surface area contributed by atoms with Gasteiger partial charge in [-0.05, 0) is 21.5 Å². The predicted molar refractivity (Wildman–Crippen MR) is 166 cm³/mol. The van der Waals surface area contributed by atoms with Crippen molar-refractivity contribution in [1.82, 2.24) is 39.9 Å². The van der Waals surface area contributed by atoms with E-state index in [-0.39, 0.29) is 0 Å². The second kappa shape index (κ2) is 10.0. The van der Waals surface area contributed by atoms with Crippen LogP contribution in [0.4, 0.5) is 0 Å². The number of rotatable bonds is 0. The Hall–Kier alpha value is -4.65. The topological polar surface area (TPSA) is 106 Å². The minimum Gasteiger partial charge on any atom is -0.357 e. The standard InChI is InChI=1S/C32H16N8.ClH.Sb/c1-2-10-18-17(9-1)25-33-26(18)38-28-21-13-5-6-14-22(21)30(35-28)40-32-24-16-8-7-15-23(24)31(36-32)39-29-20-12-4-3-11-19(20)27(34-29)37-25;;/h1-16H;1H;/q-2;;+1/p-1. The Morgan fingerprint density at radius 1 is 0.357 bits per heavy atom. The number of aromatic nitrogens is 8. The van der Waals surface area contributed by atoms with E-state index in [9.17, 15) is 0 Å². The second-order valence-electron chi connectivity index (χ2n) is 9.67. The molecule has 0 spiro atoms. The molecule has 0 unspecified atom stereocenters. The Labute approximate surface area is 256 Å². The molecular weight excluding hydrogens is 654 g/mol. The molecule has 7 aromatic rings. The van der Waals surface area contributed by atoms with E-state index in [4.69, 9.17) is 39.9 Å². The molecule has 8 bridgehead atoms. The maximum atomic E-state index is 4.95. The van der Waals surface area contributed by atoms with Crippen LogP contribution in [0, 0.1) is 0 Å². The van der Waals surface area contributed by atoms with Crippen LogP contribution >= 0.6 is 8.83 Å².